The van der Waals surface area contributed by atoms with Crippen molar-refractivity contribution in [3.8, 4) is 0 Å². The molecule has 0 saturated carbocycles. The summed E-state index contributed by atoms with van der Waals surface area (Å²) >= 11 is 0. The Labute approximate surface area is 100 Å². The quantitative estimate of drug-likeness (QED) is 0.515. The van der Waals surface area contributed by atoms with Crippen LogP contribution in [0, 0.1) is 11.8 Å². The summed E-state index contributed by atoms with van der Waals surface area (Å²) in [6, 6.07) is 0. The average molecular weight is 246 g/mol. The maximum Gasteiger partial charge on any atom is 0.320 e. The van der Waals surface area contributed by atoms with Crippen molar-refractivity contribution in [1.82, 2.24) is 0 Å². The molecule has 1 unspecified atom stereocenters. The van der Waals surface area contributed by atoms with Crippen LogP contribution in [0.15, 0.2) is 0 Å². The number of ether oxygens (including phenoxy) is 4. The first-order chi connectivity index (χ1) is 8.10. The Hall–Kier alpha value is -1.14. The second kappa shape index (κ2) is 6.56. The Morgan fingerprint density at radius 1 is 1.18 bits per heavy atom. The molecule has 0 aromatic heterocycles. The van der Waals surface area contributed by atoms with Gasteiger partial charge in [0.15, 0.2) is 12.2 Å². The topological polar surface area (TPSA) is 71.1 Å². The molecule has 0 N–H and O–H groups in total. The van der Waals surface area contributed by atoms with Gasteiger partial charge < -0.3 is 18.9 Å². The van der Waals surface area contributed by atoms with Crippen LogP contribution in [0.2, 0.25) is 0 Å². The van der Waals surface area contributed by atoms with Gasteiger partial charge in [0, 0.05) is 5.92 Å². The van der Waals surface area contributed by atoms with Gasteiger partial charge >= 0.3 is 11.9 Å². The fourth-order valence-electron chi connectivity index (χ4n) is 1.76. The minimum atomic E-state index is -0.923. The van der Waals surface area contributed by atoms with Gasteiger partial charge in [-0.1, -0.05) is 6.92 Å². The van der Waals surface area contributed by atoms with Crippen molar-refractivity contribution in [1.29, 1.82) is 0 Å². The molecule has 0 bridgehead atoms. The maximum absolute atomic E-state index is 11.5. The van der Waals surface area contributed by atoms with Crippen LogP contribution >= 0.6 is 0 Å². The van der Waals surface area contributed by atoms with Crippen molar-refractivity contribution in [2.24, 2.45) is 11.8 Å². The van der Waals surface area contributed by atoms with E-state index in [9.17, 15) is 9.59 Å². The predicted molar refractivity (Wildman–Crippen MR) is 57.0 cm³/mol. The van der Waals surface area contributed by atoms with Crippen LogP contribution < -0.4 is 0 Å². The molecule has 1 rings (SSSR count). The first-order valence-electron chi connectivity index (χ1n) is 5.49. The van der Waals surface area contributed by atoms with E-state index >= 15 is 0 Å². The lowest BCUT2D eigenvalue weighted by molar-refractivity contribution is -0.161. The second-order valence-corrected chi connectivity index (χ2v) is 3.92. The predicted octanol–water partition coefficient (Wildman–Crippen LogP) is 0.348. The summed E-state index contributed by atoms with van der Waals surface area (Å²) in [5.74, 6) is -2.20. The number of carbonyl (C=O) groups is 2. The second-order valence-electron chi connectivity index (χ2n) is 3.92. The van der Waals surface area contributed by atoms with E-state index in [0.717, 1.165) is 0 Å². The molecule has 1 aliphatic rings. The summed E-state index contributed by atoms with van der Waals surface area (Å²) in [7, 11) is 2.48. The number of hydrogen-bond donors (Lipinski definition) is 0. The molecule has 1 saturated heterocycles. The van der Waals surface area contributed by atoms with Crippen LogP contribution in [0.3, 0.4) is 0 Å². The summed E-state index contributed by atoms with van der Waals surface area (Å²) in [6.07, 6.45) is -0.0869. The van der Waals surface area contributed by atoms with E-state index in [2.05, 4.69) is 9.47 Å². The zero-order valence-electron chi connectivity index (χ0n) is 10.3. The highest BCUT2D eigenvalue weighted by molar-refractivity contribution is 5.94. The van der Waals surface area contributed by atoms with Crippen LogP contribution in [0.5, 0.6) is 0 Å². The van der Waals surface area contributed by atoms with Crippen molar-refractivity contribution in [3.05, 3.63) is 0 Å². The molecule has 1 heterocycles. The first kappa shape index (κ1) is 13.9. The Balaban J connectivity index is 2.58. The summed E-state index contributed by atoms with van der Waals surface area (Å²) in [5, 5.41) is 0. The molecular formula is C11H18O6. The molecule has 0 spiro atoms. The fraction of sp³-hybridized carbons (Fsp3) is 0.818. The van der Waals surface area contributed by atoms with Gasteiger partial charge in [0.05, 0.1) is 27.4 Å². The highest BCUT2D eigenvalue weighted by Crippen LogP contribution is 2.23. The normalized spacial score (nSPS) is 18.1. The first-order valence-corrected chi connectivity index (χ1v) is 5.49. The zero-order chi connectivity index (χ0) is 12.8. The molecule has 0 amide bonds. The van der Waals surface area contributed by atoms with Crippen LogP contribution in [-0.2, 0) is 28.5 Å². The third-order valence-corrected chi connectivity index (χ3v) is 2.69. The molecular weight excluding hydrogens is 228 g/mol. The van der Waals surface area contributed by atoms with E-state index in [4.69, 9.17) is 9.47 Å². The molecule has 17 heavy (non-hydrogen) atoms. The SMILES string of the molecule is COC(=O)C(CC(C)C1OCCO1)C(=O)OC. The van der Waals surface area contributed by atoms with E-state index in [1.165, 1.54) is 14.2 Å². The number of esters is 2. The Bertz CT molecular complexity index is 255. The minimum absolute atomic E-state index is 0.0827. The molecule has 6 nitrogen and oxygen atoms in total. The maximum atomic E-state index is 11.5. The van der Waals surface area contributed by atoms with Gasteiger partial charge in [0.2, 0.25) is 0 Å². The lowest BCUT2D eigenvalue weighted by Crippen LogP contribution is -2.31. The van der Waals surface area contributed by atoms with Crippen molar-refractivity contribution in [2.45, 2.75) is 19.6 Å². The van der Waals surface area contributed by atoms with Gasteiger partial charge in [-0.3, -0.25) is 9.59 Å². The van der Waals surface area contributed by atoms with E-state index in [1.54, 1.807) is 0 Å². The zero-order valence-corrected chi connectivity index (χ0v) is 10.3. The highest BCUT2D eigenvalue weighted by Gasteiger charge is 2.34. The molecule has 1 fully saturated rings. The van der Waals surface area contributed by atoms with Crippen molar-refractivity contribution >= 4 is 11.9 Å². The summed E-state index contributed by atoms with van der Waals surface area (Å²) in [5.41, 5.74) is 0. The largest absolute Gasteiger partial charge is 0.468 e. The van der Waals surface area contributed by atoms with Gasteiger partial charge in [-0.15, -0.1) is 0 Å². The van der Waals surface area contributed by atoms with Gasteiger partial charge in [-0.25, -0.2) is 0 Å². The summed E-state index contributed by atoms with van der Waals surface area (Å²) in [6.45, 7) is 2.93. The fourth-order valence-corrected chi connectivity index (χ4v) is 1.76. The third-order valence-electron chi connectivity index (χ3n) is 2.69. The van der Waals surface area contributed by atoms with Crippen molar-refractivity contribution in [3.63, 3.8) is 0 Å². The number of carbonyl (C=O) groups excluding carboxylic acids is 2. The molecule has 6 heteroatoms. The molecule has 1 aliphatic heterocycles. The Kier molecular flexibility index (Phi) is 5.37. The average Bonchev–Trinajstić information content (AvgIpc) is 2.87. The summed E-state index contributed by atoms with van der Waals surface area (Å²) in [4.78, 5) is 22.9. The number of rotatable bonds is 5. The smallest absolute Gasteiger partial charge is 0.320 e. The summed E-state index contributed by atoms with van der Waals surface area (Å²) < 4.78 is 19.8. The van der Waals surface area contributed by atoms with Gasteiger partial charge in [-0.2, -0.15) is 0 Å². The molecule has 1 atom stereocenters. The van der Waals surface area contributed by atoms with E-state index in [0.29, 0.717) is 13.2 Å². The Morgan fingerprint density at radius 3 is 2.06 bits per heavy atom. The van der Waals surface area contributed by atoms with Crippen molar-refractivity contribution < 1.29 is 28.5 Å². The van der Waals surface area contributed by atoms with E-state index < -0.39 is 17.9 Å². The Morgan fingerprint density at radius 2 is 1.65 bits per heavy atom. The van der Waals surface area contributed by atoms with E-state index in [-0.39, 0.29) is 18.6 Å². The molecule has 0 radical (unpaired) electrons. The van der Waals surface area contributed by atoms with Gasteiger partial charge in [0.25, 0.3) is 0 Å². The highest BCUT2D eigenvalue weighted by atomic mass is 16.7. The minimum Gasteiger partial charge on any atom is -0.468 e. The standard InChI is InChI=1S/C11H18O6/c1-7(11-16-4-5-17-11)6-8(9(12)14-2)10(13)15-3/h7-8,11H,4-6H2,1-3H3. The molecule has 0 aromatic carbocycles. The number of hydrogen-bond acceptors (Lipinski definition) is 6. The van der Waals surface area contributed by atoms with Crippen LogP contribution in [0.4, 0.5) is 0 Å². The lowest BCUT2D eigenvalue weighted by Gasteiger charge is -2.21. The lowest BCUT2D eigenvalue weighted by atomic mass is 9.95. The molecule has 98 valence electrons. The van der Waals surface area contributed by atoms with Crippen molar-refractivity contribution in [2.75, 3.05) is 27.4 Å². The number of methoxy groups -OCH3 is 2. The monoisotopic (exact) mass is 246 g/mol. The molecule has 0 aromatic rings. The third kappa shape index (κ3) is 3.67. The van der Waals surface area contributed by atoms with Crippen LogP contribution in [0.25, 0.3) is 0 Å². The van der Waals surface area contributed by atoms with E-state index in [1.807, 2.05) is 6.92 Å². The van der Waals surface area contributed by atoms with Gasteiger partial charge in [-0.05, 0) is 6.42 Å². The molecule has 0 aliphatic carbocycles. The van der Waals surface area contributed by atoms with Crippen LogP contribution in [0.1, 0.15) is 13.3 Å². The van der Waals surface area contributed by atoms with Crippen LogP contribution in [-0.4, -0.2) is 45.7 Å². The van der Waals surface area contributed by atoms with Gasteiger partial charge in [0.1, 0.15) is 0 Å².